The predicted molar refractivity (Wildman–Crippen MR) is 90.4 cm³/mol. The van der Waals surface area contributed by atoms with Crippen LogP contribution in [0, 0.1) is 11.2 Å². The highest BCUT2D eigenvalue weighted by atomic mass is 19.1. The second kappa shape index (κ2) is 5.80. The average Bonchev–Trinajstić information content (AvgIpc) is 2.39. The topological polar surface area (TPSA) is 38.8 Å². The fourth-order valence-corrected chi connectivity index (χ4v) is 3.50. The van der Waals surface area contributed by atoms with Gasteiger partial charge in [-0.1, -0.05) is 11.6 Å². The van der Waals surface area contributed by atoms with E-state index in [1.165, 1.54) is 11.6 Å². The van der Waals surface area contributed by atoms with Crippen molar-refractivity contribution in [3.05, 3.63) is 35.2 Å². The zero-order valence-electron chi connectivity index (χ0n) is 14.7. The molecule has 1 saturated carbocycles. The molecule has 0 radical (unpaired) electrons. The molecule has 0 unspecified atom stereocenters. The molecular formula is C19H24FNO3. The maximum atomic E-state index is 14.0. The third-order valence-electron chi connectivity index (χ3n) is 4.49. The number of hydrogen-bond donors (Lipinski definition) is 0. The van der Waals surface area contributed by atoms with Crippen LogP contribution in [0.3, 0.4) is 0 Å². The first-order chi connectivity index (χ1) is 11.2. The van der Waals surface area contributed by atoms with E-state index in [0.717, 1.165) is 12.8 Å². The molecule has 2 fully saturated rings. The van der Waals surface area contributed by atoms with Gasteiger partial charge in [-0.2, -0.15) is 0 Å². The number of rotatable bonds is 2. The Bertz CT molecular complexity index is 674. The molecule has 3 rings (SSSR count). The molecule has 24 heavy (non-hydrogen) atoms. The van der Waals surface area contributed by atoms with Crippen molar-refractivity contribution in [2.45, 2.75) is 39.2 Å². The van der Waals surface area contributed by atoms with Crippen LogP contribution in [0.25, 0.3) is 6.08 Å². The maximum absolute atomic E-state index is 14.0. The number of allylic oxidation sites excluding steroid dienone is 1. The number of carbonyl (C=O) groups excluding carboxylic acids is 1. The molecule has 1 saturated heterocycles. The minimum absolute atomic E-state index is 0.154. The van der Waals surface area contributed by atoms with Crippen LogP contribution in [0.4, 0.5) is 9.18 Å². The van der Waals surface area contributed by atoms with Crippen LogP contribution in [-0.2, 0) is 4.74 Å². The SMILES string of the molecule is COc1cccc(F)c1C=C1CC2(C1)CN(C(=O)OC(C)(C)C)C2. The minimum atomic E-state index is -0.466. The van der Waals surface area contributed by atoms with Gasteiger partial charge in [0.05, 0.1) is 12.7 Å². The first-order valence-corrected chi connectivity index (χ1v) is 8.21. The largest absolute Gasteiger partial charge is 0.496 e. The van der Waals surface area contributed by atoms with Gasteiger partial charge >= 0.3 is 6.09 Å². The first-order valence-electron chi connectivity index (χ1n) is 8.21. The van der Waals surface area contributed by atoms with Gasteiger partial charge in [0, 0.05) is 18.5 Å². The molecule has 0 N–H and O–H groups in total. The first kappa shape index (κ1) is 16.8. The molecule has 0 aromatic heterocycles. The molecule has 130 valence electrons. The lowest BCUT2D eigenvalue weighted by Gasteiger charge is -2.56. The predicted octanol–water partition coefficient (Wildman–Crippen LogP) is 4.25. The maximum Gasteiger partial charge on any atom is 0.410 e. The molecule has 1 aromatic rings. The number of carbonyl (C=O) groups is 1. The number of nitrogens with zero attached hydrogens (tertiary/aromatic N) is 1. The Hall–Kier alpha value is -2.04. The van der Waals surface area contributed by atoms with E-state index in [9.17, 15) is 9.18 Å². The summed E-state index contributed by atoms with van der Waals surface area (Å²) in [6, 6.07) is 4.84. The number of benzene rings is 1. The van der Waals surface area contributed by atoms with Crippen molar-refractivity contribution >= 4 is 12.2 Å². The molecule has 1 heterocycles. The van der Waals surface area contributed by atoms with Gasteiger partial charge in [0.1, 0.15) is 17.2 Å². The lowest BCUT2D eigenvalue weighted by molar-refractivity contribution is -0.0498. The number of ether oxygens (including phenoxy) is 2. The fourth-order valence-electron chi connectivity index (χ4n) is 3.50. The summed E-state index contributed by atoms with van der Waals surface area (Å²) in [5.41, 5.74) is 1.39. The molecule has 4 nitrogen and oxygen atoms in total. The summed E-state index contributed by atoms with van der Waals surface area (Å²) < 4.78 is 24.6. The van der Waals surface area contributed by atoms with Crippen molar-refractivity contribution < 1.29 is 18.7 Å². The Balaban J connectivity index is 1.59. The number of methoxy groups -OCH3 is 1. The van der Waals surface area contributed by atoms with E-state index in [4.69, 9.17) is 9.47 Å². The molecule has 5 heteroatoms. The van der Waals surface area contributed by atoms with E-state index < -0.39 is 5.60 Å². The summed E-state index contributed by atoms with van der Waals surface area (Å²) >= 11 is 0. The Labute approximate surface area is 142 Å². The molecule has 0 bridgehead atoms. The summed E-state index contributed by atoms with van der Waals surface area (Å²) in [6.45, 7) is 7.03. The Morgan fingerprint density at radius 2 is 1.96 bits per heavy atom. The highest BCUT2D eigenvalue weighted by Gasteiger charge is 2.52. The van der Waals surface area contributed by atoms with E-state index in [-0.39, 0.29) is 17.3 Å². The molecule has 1 spiro atoms. The number of halogens is 1. The normalized spacial score (nSPS) is 18.7. The summed E-state index contributed by atoms with van der Waals surface area (Å²) in [7, 11) is 1.55. The standard InChI is InChI=1S/C19H24FNO3/c1-18(2,3)24-17(22)21-11-19(12-21)9-13(10-19)8-14-15(20)6-5-7-16(14)23-4/h5-8H,9-12H2,1-4H3. The van der Waals surface area contributed by atoms with Gasteiger partial charge in [0.25, 0.3) is 0 Å². The van der Waals surface area contributed by atoms with Crippen LogP contribution in [0.5, 0.6) is 5.75 Å². The van der Waals surface area contributed by atoms with Gasteiger partial charge < -0.3 is 14.4 Å². The zero-order valence-corrected chi connectivity index (χ0v) is 14.7. The van der Waals surface area contributed by atoms with Gasteiger partial charge in [-0.05, 0) is 51.8 Å². The number of amides is 1. The van der Waals surface area contributed by atoms with Crippen LogP contribution in [0.1, 0.15) is 39.2 Å². The second-order valence-electron chi connectivity index (χ2n) is 7.85. The molecule has 1 amide bonds. The van der Waals surface area contributed by atoms with Crippen LogP contribution < -0.4 is 4.74 Å². The lowest BCUT2D eigenvalue weighted by atomic mass is 9.60. The fraction of sp³-hybridized carbons (Fsp3) is 0.526. The van der Waals surface area contributed by atoms with E-state index >= 15 is 0 Å². The number of likely N-dealkylation sites (tertiary alicyclic amines) is 1. The van der Waals surface area contributed by atoms with Crippen molar-refractivity contribution in [3.8, 4) is 5.75 Å². The van der Waals surface area contributed by atoms with Crippen molar-refractivity contribution in [3.63, 3.8) is 0 Å². The molecule has 0 atom stereocenters. The summed E-state index contributed by atoms with van der Waals surface area (Å²) in [4.78, 5) is 13.7. The van der Waals surface area contributed by atoms with Gasteiger partial charge in [-0.3, -0.25) is 0 Å². The highest BCUT2D eigenvalue weighted by Crippen LogP contribution is 2.52. The second-order valence-corrected chi connectivity index (χ2v) is 7.85. The monoisotopic (exact) mass is 333 g/mol. The Morgan fingerprint density at radius 1 is 1.29 bits per heavy atom. The zero-order chi connectivity index (χ0) is 17.5. The molecule has 1 aromatic carbocycles. The third-order valence-corrected chi connectivity index (χ3v) is 4.49. The van der Waals surface area contributed by atoms with E-state index in [1.54, 1.807) is 24.1 Å². The van der Waals surface area contributed by atoms with Crippen LogP contribution in [-0.4, -0.2) is 36.8 Å². The van der Waals surface area contributed by atoms with E-state index in [2.05, 4.69) is 0 Å². The molecule has 1 aliphatic carbocycles. The quantitative estimate of drug-likeness (QED) is 0.812. The highest BCUT2D eigenvalue weighted by molar-refractivity contribution is 5.70. The van der Waals surface area contributed by atoms with E-state index in [1.807, 2.05) is 26.8 Å². The van der Waals surface area contributed by atoms with Gasteiger partial charge in [0.2, 0.25) is 0 Å². The van der Waals surface area contributed by atoms with Crippen LogP contribution in [0.15, 0.2) is 23.8 Å². The van der Waals surface area contributed by atoms with Crippen LogP contribution in [0.2, 0.25) is 0 Å². The molecule has 2 aliphatic rings. The van der Waals surface area contributed by atoms with Crippen molar-refractivity contribution in [2.75, 3.05) is 20.2 Å². The average molecular weight is 333 g/mol. The van der Waals surface area contributed by atoms with Crippen molar-refractivity contribution in [1.82, 2.24) is 4.90 Å². The van der Waals surface area contributed by atoms with Crippen LogP contribution >= 0.6 is 0 Å². The van der Waals surface area contributed by atoms with Gasteiger partial charge in [-0.25, -0.2) is 9.18 Å². The lowest BCUT2D eigenvalue weighted by Crippen LogP contribution is -2.62. The molecular weight excluding hydrogens is 309 g/mol. The van der Waals surface area contributed by atoms with Crippen molar-refractivity contribution in [2.24, 2.45) is 5.41 Å². The van der Waals surface area contributed by atoms with Gasteiger partial charge in [-0.15, -0.1) is 0 Å². The third kappa shape index (κ3) is 3.25. The van der Waals surface area contributed by atoms with Crippen molar-refractivity contribution in [1.29, 1.82) is 0 Å². The van der Waals surface area contributed by atoms with Gasteiger partial charge in [0.15, 0.2) is 0 Å². The Morgan fingerprint density at radius 3 is 2.54 bits per heavy atom. The smallest absolute Gasteiger partial charge is 0.410 e. The van der Waals surface area contributed by atoms with E-state index in [0.29, 0.717) is 24.4 Å². The Kier molecular flexibility index (Phi) is 4.06. The molecule has 1 aliphatic heterocycles. The summed E-state index contributed by atoms with van der Waals surface area (Å²) in [5.74, 6) is 0.277. The summed E-state index contributed by atoms with van der Waals surface area (Å²) in [6.07, 6.45) is 3.42. The number of hydrogen-bond acceptors (Lipinski definition) is 3. The summed E-state index contributed by atoms with van der Waals surface area (Å²) in [5, 5.41) is 0. The minimum Gasteiger partial charge on any atom is -0.496 e.